The van der Waals surface area contributed by atoms with Crippen LogP contribution in [0.5, 0.6) is 0 Å². The summed E-state index contributed by atoms with van der Waals surface area (Å²) >= 11 is 6.07. The van der Waals surface area contributed by atoms with Crippen molar-refractivity contribution in [1.29, 1.82) is 0 Å². The van der Waals surface area contributed by atoms with Crippen molar-refractivity contribution in [2.75, 3.05) is 0 Å². The first-order valence-electron chi connectivity index (χ1n) is 5.85. The number of nitrogens with zero attached hydrogens (tertiary/aromatic N) is 2. The predicted octanol–water partition coefficient (Wildman–Crippen LogP) is 3.35. The van der Waals surface area contributed by atoms with Crippen molar-refractivity contribution in [2.24, 2.45) is 0 Å². The van der Waals surface area contributed by atoms with Gasteiger partial charge in [-0.2, -0.15) is 5.10 Å². The Morgan fingerprint density at radius 2 is 1.87 bits per heavy atom. The van der Waals surface area contributed by atoms with E-state index in [4.69, 9.17) is 11.6 Å². The molecule has 0 aliphatic heterocycles. The molecule has 0 amide bonds. The lowest BCUT2D eigenvalue weighted by Crippen LogP contribution is -2.11. The Balaban J connectivity index is 2.30. The van der Waals surface area contributed by atoms with Crippen LogP contribution in [-0.4, -0.2) is 10.2 Å². The van der Waals surface area contributed by atoms with Gasteiger partial charge >= 0.3 is 0 Å². The molecule has 0 unspecified atom stereocenters. The van der Waals surface area contributed by atoms with Gasteiger partial charge in [-0.25, -0.2) is 0 Å². The highest BCUT2D eigenvalue weighted by molar-refractivity contribution is 6.30. The molecule has 0 saturated carbocycles. The van der Waals surface area contributed by atoms with Gasteiger partial charge in [0.2, 0.25) is 0 Å². The first-order valence-corrected chi connectivity index (χ1v) is 6.23. The minimum atomic E-state index is 0.630. The molecule has 82 valence electrons. The summed E-state index contributed by atoms with van der Waals surface area (Å²) in [5.74, 6) is 0. The van der Waals surface area contributed by atoms with Crippen molar-refractivity contribution in [3.05, 3.63) is 22.0 Å². The largest absolute Gasteiger partial charge is 0.155 e. The molecule has 2 nitrogen and oxygen atoms in total. The van der Waals surface area contributed by atoms with E-state index in [0.29, 0.717) is 5.15 Å². The fourth-order valence-corrected chi connectivity index (χ4v) is 2.47. The second kappa shape index (κ2) is 4.93. The molecule has 0 fully saturated rings. The molecule has 0 bridgehead atoms. The fraction of sp³-hybridized carbons (Fsp3) is 0.667. The average molecular weight is 225 g/mol. The van der Waals surface area contributed by atoms with Crippen LogP contribution >= 0.6 is 11.6 Å². The Labute approximate surface area is 96.1 Å². The molecular weight excluding hydrogens is 208 g/mol. The maximum Gasteiger partial charge on any atom is 0.155 e. The SMILES string of the molecule is CCCCc1nnc(Cl)c2c1CCCC2. The summed E-state index contributed by atoms with van der Waals surface area (Å²) in [6.45, 7) is 2.20. The molecule has 0 saturated heterocycles. The van der Waals surface area contributed by atoms with E-state index in [-0.39, 0.29) is 0 Å². The number of hydrogen-bond donors (Lipinski definition) is 0. The van der Waals surface area contributed by atoms with Crippen LogP contribution in [-0.2, 0) is 19.3 Å². The summed E-state index contributed by atoms with van der Waals surface area (Å²) < 4.78 is 0. The lowest BCUT2D eigenvalue weighted by molar-refractivity contribution is 0.650. The summed E-state index contributed by atoms with van der Waals surface area (Å²) in [4.78, 5) is 0. The van der Waals surface area contributed by atoms with Gasteiger partial charge in [0.25, 0.3) is 0 Å². The van der Waals surface area contributed by atoms with Gasteiger partial charge < -0.3 is 0 Å². The quantitative estimate of drug-likeness (QED) is 0.787. The van der Waals surface area contributed by atoms with Gasteiger partial charge in [0, 0.05) is 0 Å². The Kier molecular flexibility index (Phi) is 3.57. The molecule has 0 spiro atoms. The monoisotopic (exact) mass is 224 g/mol. The maximum atomic E-state index is 6.07. The minimum Gasteiger partial charge on any atom is -0.154 e. The first-order chi connectivity index (χ1) is 7.33. The summed E-state index contributed by atoms with van der Waals surface area (Å²) in [6, 6.07) is 0. The van der Waals surface area contributed by atoms with Gasteiger partial charge in [0.15, 0.2) is 5.15 Å². The third kappa shape index (κ3) is 2.31. The Morgan fingerprint density at radius 1 is 1.13 bits per heavy atom. The molecule has 0 N–H and O–H groups in total. The molecule has 1 heterocycles. The van der Waals surface area contributed by atoms with Crippen LogP contribution in [0.15, 0.2) is 0 Å². The Hall–Kier alpha value is -0.630. The third-order valence-corrected chi connectivity index (χ3v) is 3.39. The molecule has 0 radical (unpaired) electrons. The lowest BCUT2D eigenvalue weighted by Gasteiger charge is -2.18. The summed E-state index contributed by atoms with van der Waals surface area (Å²) in [7, 11) is 0. The van der Waals surface area contributed by atoms with Crippen LogP contribution in [0.1, 0.15) is 49.4 Å². The fourth-order valence-electron chi connectivity index (χ4n) is 2.22. The molecule has 2 rings (SSSR count). The molecule has 0 aromatic carbocycles. The molecule has 3 heteroatoms. The lowest BCUT2D eigenvalue weighted by atomic mass is 9.91. The number of aryl methyl sites for hydroxylation is 1. The zero-order chi connectivity index (χ0) is 10.7. The molecule has 1 aromatic heterocycles. The van der Waals surface area contributed by atoms with E-state index in [0.717, 1.165) is 19.3 Å². The van der Waals surface area contributed by atoms with Gasteiger partial charge in [-0.3, -0.25) is 0 Å². The van der Waals surface area contributed by atoms with E-state index in [1.807, 2.05) is 0 Å². The zero-order valence-corrected chi connectivity index (χ0v) is 9.98. The average Bonchev–Trinajstić information content (AvgIpc) is 2.29. The van der Waals surface area contributed by atoms with E-state index in [1.165, 1.54) is 42.5 Å². The van der Waals surface area contributed by atoms with Gasteiger partial charge in [-0.1, -0.05) is 24.9 Å². The maximum absolute atomic E-state index is 6.07. The summed E-state index contributed by atoms with van der Waals surface area (Å²) in [5.41, 5.74) is 3.86. The van der Waals surface area contributed by atoms with E-state index in [2.05, 4.69) is 17.1 Å². The standard InChI is InChI=1S/C12H17ClN2/c1-2-3-8-11-9-6-4-5-7-10(9)12(13)15-14-11/h2-8H2,1H3. The van der Waals surface area contributed by atoms with Gasteiger partial charge in [-0.15, -0.1) is 5.10 Å². The van der Waals surface area contributed by atoms with E-state index < -0.39 is 0 Å². The van der Waals surface area contributed by atoms with E-state index in [1.54, 1.807) is 0 Å². The van der Waals surface area contributed by atoms with Crippen molar-refractivity contribution >= 4 is 11.6 Å². The Morgan fingerprint density at radius 3 is 2.60 bits per heavy atom. The van der Waals surface area contributed by atoms with Gasteiger partial charge in [0.1, 0.15) is 0 Å². The number of halogens is 1. The minimum absolute atomic E-state index is 0.630. The zero-order valence-electron chi connectivity index (χ0n) is 9.22. The smallest absolute Gasteiger partial charge is 0.154 e. The highest BCUT2D eigenvalue weighted by Crippen LogP contribution is 2.28. The molecule has 0 atom stereocenters. The van der Waals surface area contributed by atoms with Crippen LogP contribution < -0.4 is 0 Å². The Bertz CT molecular complexity index is 350. The van der Waals surface area contributed by atoms with Gasteiger partial charge in [-0.05, 0) is 49.7 Å². The normalized spacial score (nSPS) is 15.1. The van der Waals surface area contributed by atoms with Crippen LogP contribution in [0, 0.1) is 0 Å². The number of fused-ring (bicyclic) bond motifs is 1. The van der Waals surface area contributed by atoms with Gasteiger partial charge in [0.05, 0.1) is 5.69 Å². The van der Waals surface area contributed by atoms with Crippen molar-refractivity contribution in [1.82, 2.24) is 10.2 Å². The molecule has 15 heavy (non-hydrogen) atoms. The number of unbranched alkanes of at least 4 members (excludes halogenated alkanes) is 1. The van der Waals surface area contributed by atoms with Crippen molar-refractivity contribution in [2.45, 2.75) is 51.9 Å². The second-order valence-corrected chi connectivity index (χ2v) is 4.56. The van der Waals surface area contributed by atoms with Crippen LogP contribution in [0.25, 0.3) is 0 Å². The van der Waals surface area contributed by atoms with E-state index >= 15 is 0 Å². The molecular formula is C12H17ClN2. The third-order valence-electron chi connectivity index (χ3n) is 3.09. The van der Waals surface area contributed by atoms with Crippen LogP contribution in [0.2, 0.25) is 5.15 Å². The second-order valence-electron chi connectivity index (χ2n) is 4.21. The van der Waals surface area contributed by atoms with Crippen molar-refractivity contribution < 1.29 is 0 Å². The number of aromatic nitrogens is 2. The van der Waals surface area contributed by atoms with Crippen LogP contribution in [0.4, 0.5) is 0 Å². The molecule has 1 aromatic rings. The molecule has 1 aliphatic rings. The van der Waals surface area contributed by atoms with Crippen LogP contribution in [0.3, 0.4) is 0 Å². The molecule has 1 aliphatic carbocycles. The van der Waals surface area contributed by atoms with E-state index in [9.17, 15) is 0 Å². The van der Waals surface area contributed by atoms with Crippen molar-refractivity contribution in [3.8, 4) is 0 Å². The number of hydrogen-bond acceptors (Lipinski definition) is 2. The topological polar surface area (TPSA) is 25.8 Å². The first kappa shape index (κ1) is 10.9. The summed E-state index contributed by atoms with van der Waals surface area (Å²) in [5, 5.41) is 8.94. The van der Waals surface area contributed by atoms with Crippen molar-refractivity contribution in [3.63, 3.8) is 0 Å². The highest BCUT2D eigenvalue weighted by Gasteiger charge is 2.17. The summed E-state index contributed by atoms with van der Waals surface area (Å²) in [6.07, 6.45) is 8.21. The number of rotatable bonds is 3. The highest BCUT2D eigenvalue weighted by atomic mass is 35.5. The predicted molar refractivity (Wildman–Crippen MR) is 62.3 cm³/mol.